The molecule has 2 aromatic carbocycles. The zero-order chi connectivity index (χ0) is 13.9. The fourth-order valence-electron chi connectivity index (χ4n) is 2.78. The third-order valence-electron chi connectivity index (χ3n) is 3.82. The average molecular weight is 288 g/mol. The monoisotopic (exact) mass is 287 g/mol. The molecule has 2 nitrogen and oxygen atoms in total. The van der Waals surface area contributed by atoms with Gasteiger partial charge < -0.3 is 10.5 Å². The number of ether oxygens (including phenoxy) is 1. The number of nitrogen functional groups attached to an aromatic ring is 1. The topological polar surface area (TPSA) is 35.2 Å². The molecule has 0 bridgehead atoms. The molecule has 0 radical (unpaired) electrons. The van der Waals surface area contributed by atoms with E-state index in [1.165, 1.54) is 17.5 Å². The van der Waals surface area contributed by atoms with Crippen LogP contribution in [0.2, 0.25) is 5.02 Å². The molecule has 3 heteroatoms. The van der Waals surface area contributed by atoms with Gasteiger partial charge in [0.1, 0.15) is 0 Å². The molecule has 2 N–H and O–H groups in total. The molecule has 0 spiro atoms. The van der Waals surface area contributed by atoms with E-state index in [1.807, 2.05) is 18.2 Å². The Morgan fingerprint density at radius 1 is 1.20 bits per heavy atom. The van der Waals surface area contributed by atoms with E-state index in [1.54, 1.807) is 0 Å². The zero-order valence-electron chi connectivity index (χ0n) is 11.3. The van der Waals surface area contributed by atoms with Gasteiger partial charge in [-0.2, -0.15) is 0 Å². The first-order valence-corrected chi connectivity index (χ1v) is 7.35. The molecule has 0 amide bonds. The van der Waals surface area contributed by atoms with Gasteiger partial charge >= 0.3 is 0 Å². The van der Waals surface area contributed by atoms with Crippen molar-refractivity contribution >= 4 is 17.3 Å². The van der Waals surface area contributed by atoms with Crippen molar-refractivity contribution < 1.29 is 4.74 Å². The van der Waals surface area contributed by atoms with Crippen LogP contribution in [0.15, 0.2) is 42.5 Å². The minimum atomic E-state index is 0.164. The highest BCUT2D eigenvalue weighted by Crippen LogP contribution is 2.33. The van der Waals surface area contributed by atoms with Crippen molar-refractivity contribution in [2.75, 3.05) is 5.73 Å². The second kappa shape index (κ2) is 5.86. The summed E-state index contributed by atoms with van der Waals surface area (Å²) in [7, 11) is 0. The largest absolute Gasteiger partial charge is 0.399 e. The fraction of sp³-hybridized carbons (Fsp3) is 0.294. The standard InChI is InChI=1S/C17H18ClNO/c18-16-9-8-14(19)10-13(16)11-20-17-7-3-5-12-4-1-2-6-15(12)17/h1-2,4,6,8-10,17H,3,5,7,11,19H2. The molecule has 0 saturated heterocycles. The number of nitrogens with two attached hydrogens (primary N) is 1. The van der Waals surface area contributed by atoms with Crippen molar-refractivity contribution in [3.63, 3.8) is 0 Å². The number of halogens is 1. The maximum atomic E-state index is 6.18. The van der Waals surface area contributed by atoms with Gasteiger partial charge in [-0.3, -0.25) is 0 Å². The van der Waals surface area contributed by atoms with E-state index in [0.29, 0.717) is 11.6 Å². The normalized spacial score (nSPS) is 17.8. The van der Waals surface area contributed by atoms with Crippen LogP contribution in [0.25, 0.3) is 0 Å². The summed E-state index contributed by atoms with van der Waals surface area (Å²) in [5.74, 6) is 0. The number of rotatable bonds is 3. The third-order valence-corrected chi connectivity index (χ3v) is 4.19. The van der Waals surface area contributed by atoms with Crippen molar-refractivity contribution in [1.29, 1.82) is 0 Å². The Hall–Kier alpha value is -1.51. The summed E-state index contributed by atoms with van der Waals surface area (Å²) < 4.78 is 6.09. The molecule has 1 unspecified atom stereocenters. The van der Waals surface area contributed by atoms with Gasteiger partial charge in [0.15, 0.2) is 0 Å². The molecular weight excluding hydrogens is 270 g/mol. The van der Waals surface area contributed by atoms with Crippen LogP contribution in [0, 0.1) is 0 Å². The van der Waals surface area contributed by atoms with Gasteiger partial charge in [0.05, 0.1) is 12.7 Å². The van der Waals surface area contributed by atoms with Crippen LogP contribution in [-0.4, -0.2) is 0 Å². The lowest BCUT2D eigenvalue weighted by molar-refractivity contribution is 0.0283. The van der Waals surface area contributed by atoms with Crippen LogP contribution in [0.1, 0.15) is 35.6 Å². The van der Waals surface area contributed by atoms with Gasteiger partial charge in [0.2, 0.25) is 0 Å². The summed E-state index contributed by atoms with van der Waals surface area (Å²) in [4.78, 5) is 0. The van der Waals surface area contributed by atoms with Crippen molar-refractivity contribution in [3.8, 4) is 0 Å². The lowest BCUT2D eigenvalue weighted by Gasteiger charge is -2.25. The van der Waals surface area contributed by atoms with Crippen LogP contribution < -0.4 is 5.73 Å². The molecule has 2 aromatic rings. The SMILES string of the molecule is Nc1ccc(Cl)c(COC2CCCc3ccccc32)c1. The minimum absolute atomic E-state index is 0.164. The Morgan fingerprint density at radius 2 is 2.05 bits per heavy atom. The van der Waals surface area contributed by atoms with Crippen molar-refractivity contribution in [2.45, 2.75) is 32.0 Å². The molecule has 0 saturated carbocycles. The van der Waals surface area contributed by atoms with Crippen LogP contribution in [0.5, 0.6) is 0 Å². The van der Waals surface area contributed by atoms with E-state index < -0.39 is 0 Å². The Labute approximate surface area is 124 Å². The number of hydrogen-bond donors (Lipinski definition) is 1. The van der Waals surface area contributed by atoms with Crippen LogP contribution in [0.3, 0.4) is 0 Å². The number of aryl methyl sites for hydroxylation is 1. The average Bonchev–Trinajstić information content (AvgIpc) is 2.48. The first kappa shape index (κ1) is 13.5. The highest BCUT2D eigenvalue weighted by Gasteiger charge is 2.20. The first-order valence-electron chi connectivity index (χ1n) is 6.97. The number of anilines is 1. The lowest BCUT2D eigenvalue weighted by atomic mass is 9.89. The summed E-state index contributed by atoms with van der Waals surface area (Å²) in [5.41, 5.74) is 10.2. The van der Waals surface area contributed by atoms with Gasteiger partial charge in [0.25, 0.3) is 0 Å². The van der Waals surface area contributed by atoms with E-state index in [2.05, 4.69) is 24.3 Å². The molecule has 0 heterocycles. The van der Waals surface area contributed by atoms with Gasteiger partial charge in [-0.1, -0.05) is 35.9 Å². The van der Waals surface area contributed by atoms with Gasteiger partial charge in [0, 0.05) is 10.7 Å². The maximum absolute atomic E-state index is 6.18. The maximum Gasteiger partial charge on any atom is 0.0832 e. The van der Waals surface area contributed by atoms with Crippen molar-refractivity contribution in [3.05, 3.63) is 64.2 Å². The molecule has 3 rings (SSSR count). The number of fused-ring (bicyclic) bond motifs is 1. The smallest absolute Gasteiger partial charge is 0.0832 e. The summed E-state index contributed by atoms with van der Waals surface area (Å²) in [6.45, 7) is 0.503. The lowest BCUT2D eigenvalue weighted by Crippen LogP contribution is -2.12. The first-order chi connectivity index (χ1) is 9.74. The summed E-state index contributed by atoms with van der Waals surface area (Å²) in [6, 6.07) is 14.0. The molecule has 1 aliphatic rings. The van der Waals surface area contributed by atoms with E-state index in [-0.39, 0.29) is 6.10 Å². The molecule has 0 aliphatic heterocycles. The van der Waals surface area contributed by atoms with Gasteiger partial charge in [-0.25, -0.2) is 0 Å². The van der Waals surface area contributed by atoms with E-state index in [0.717, 1.165) is 24.1 Å². The Morgan fingerprint density at radius 3 is 2.95 bits per heavy atom. The number of hydrogen-bond acceptors (Lipinski definition) is 2. The van der Waals surface area contributed by atoms with Crippen LogP contribution in [-0.2, 0) is 17.8 Å². The molecule has 104 valence electrons. The minimum Gasteiger partial charge on any atom is -0.399 e. The van der Waals surface area contributed by atoms with Gasteiger partial charge in [-0.05, 0) is 54.2 Å². The zero-order valence-corrected chi connectivity index (χ0v) is 12.1. The summed E-state index contributed by atoms with van der Waals surface area (Å²) >= 11 is 6.18. The Balaban J connectivity index is 1.75. The molecule has 20 heavy (non-hydrogen) atoms. The highest BCUT2D eigenvalue weighted by molar-refractivity contribution is 6.31. The molecule has 0 aromatic heterocycles. The molecule has 1 atom stereocenters. The molecule has 0 fully saturated rings. The summed E-state index contributed by atoms with van der Waals surface area (Å²) in [5, 5.41) is 0.711. The van der Waals surface area contributed by atoms with Gasteiger partial charge in [-0.15, -0.1) is 0 Å². The second-order valence-corrected chi connectivity index (χ2v) is 5.65. The van der Waals surface area contributed by atoms with Crippen molar-refractivity contribution in [2.24, 2.45) is 0 Å². The predicted molar refractivity (Wildman–Crippen MR) is 82.8 cm³/mol. The van der Waals surface area contributed by atoms with E-state index in [4.69, 9.17) is 22.1 Å². The quantitative estimate of drug-likeness (QED) is 0.843. The van der Waals surface area contributed by atoms with E-state index in [9.17, 15) is 0 Å². The Bertz CT molecular complexity index is 612. The second-order valence-electron chi connectivity index (χ2n) is 5.24. The van der Waals surface area contributed by atoms with Crippen LogP contribution in [0.4, 0.5) is 5.69 Å². The summed E-state index contributed by atoms with van der Waals surface area (Å²) in [6.07, 6.45) is 3.55. The van der Waals surface area contributed by atoms with Crippen LogP contribution >= 0.6 is 11.6 Å². The Kier molecular flexibility index (Phi) is 3.95. The predicted octanol–water partition coefficient (Wildman–Crippen LogP) is 4.52. The highest BCUT2D eigenvalue weighted by atomic mass is 35.5. The third kappa shape index (κ3) is 2.82. The number of benzene rings is 2. The molecular formula is C17H18ClNO. The van der Waals surface area contributed by atoms with Crippen molar-refractivity contribution in [1.82, 2.24) is 0 Å². The fourth-order valence-corrected chi connectivity index (χ4v) is 2.95. The van der Waals surface area contributed by atoms with E-state index >= 15 is 0 Å². The molecule has 1 aliphatic carbocycles.